The molecule has 0 radical (unpaired) electrons. The number of carbonyl (C=O) groups is 2. The van der Waals surface area contributed by atoms with Gasteiger partial charge in [0.25, 0.3) is 0 Å². The number of aliphatic hydroxyl groups is 1. The predicted octanol–water partition coefficient (Wildman–Crippen LogP) is 3.75. The molecule has 0 saturated carbocycles. The number of esters is 1. The van der Waals surface area contributed by atoms with Gasteiger partial charge in [0.2, 0.25) is 5.91 Å². The van der Waals surface area contributed by atoms with E-state index in [1.165, 1.54) is 0 Å². The van der Waals surface area contributed by atoms with Crippen molar-refractivity contribution in [2.75, 3.05) is 13.2 Å². The standard InChI is InChI=1S/C25H33NO4/c1-4-6-7-8-19(3)23(27)15-13-22-14-16-24(28)26(22)18-17-20-9-11-21(12-10-20)25(29)30-5-2/h9-13,15,19,22-23,27H,4-5,8,14,16-18H2,1-3H3/t19-,22?,23-/m0/s1. The Morgan fingerprint density at radius 2 is 2.03 bits per heavy atom. The third kappa shape index (κ3) is 7.03. The van der Waals surface area contributed by atoms with Crippen molar-refractivity contribution in [3.63, 3.8) is 0 Å². The highest BCUT2D eigenvalue weighted by atomic mass is 16.5. The molecule has 1 aromatic carbocycles. The number of benzene rings is 1. The summed E-state index contributed by atoms with van der Waals surface area (Å²) in [7, 11) is 0. The van der Waals surface area contributed by atoms with Crippen LogP contribution in [0.3, 0.4) is 0 Å². The molecule has 1 unspecified atom stereocenters. The fourth-order valence-corrected chi connectivity index (χ4v) is 3.43. The van der Waals surface area contributed by atoms with Crippen LogP contribution in [0.5, 0.6) is 0 Å². The van der Waals surface area contributed by atoms with E-state index in [1.807, 2.05) is 43.0 Å². The quantitative estimate of drug-likeness (QED) is 0.382. The van der Waals surface area contributed by atoms with Gasteiger partial charge in [0.15, 0.2) is 0 Å². The Morgan fingerprint density at radius 1 is 1.30 bits per heavy atom. The zero-order chi connectivity index (χ0) is 21.9. The van der Waals surface area contributed by atoms with Crippen molar-refractivity contribution in [3.8, 4) is 11.8 Å². The highest BCUT2D eigenvalue weighted by molar-refractivity contribution is 5.89. The van der Waals surface area contributed by atoms with E-state index in [4.69, 9.17) is 4.74 Å². The lowest BCUT2D eigenvalue weighted by atomic mass is 10.00. The fraction of sp³-hybridized carbons (Fsp3) is 0.520. The molecule has 1 amide bonds. The smallest absolute Gasteiger partial charge is 0.338 e. The Morgan fingerprint density at radius 3 is 2.70 bits per heavy atom. The molecule has 2 rings (SSSR count). The largest absolute Gasteiger partial charge is 0.462 e. The summed E-state index contributed by atoms with van der Waals surface area (Å²) in [4.78, 5) is 26.0. The average molecular weight is 412 g/mol. The molecule has 5 heteroatoms. The molecule has 1 aliphatic heterocycles. The first-order valence-corrected chi connectivity index (χ1v) is 10.8. The SMILES string of the molecule is CCC#CC[C@H](C)[C@@H](O)C=CC1CCC(=O)N1CCc1ccc(C(=O)OCC)cc1. The van der Waals surface area contributed by atoms with Gasteiger partial charge in [0.1, 0.15) is 0 Å². The van der Waals surface area contributed by atoms with Crippen molar-refractivity contribution in [2.24, 2.45) is 5.92 Å². The minimum Gasteiger partial charge on any atom is -0.462 e. The lowest BCUT2D eigenvalue weighted by Crippen LogP contribution is -2.34. The van der Waals surface area contributed by atoms with Crippen molar-refractivity contribution in [1.29, 1.82) is 0 Å². The van der Waals surface area contributed by atoms with Gasteiger partial charge < -0.3 is 14.7 Å². The van der Waals surface area contributed by atoms with Gasteiger partial charge in [-0.2, -0.15) is 0 Å². The molecule has 162 valence electrons. The molecule has 1 aliphatic rings. The summed E-state index contributed by atoms with van der Waals surface area (Å²) in [6.45, 7) is 6.74. The molecular formula is C25H33NO4. The Hall–Kier alpha value is -2.58. The Labute approximate surface area is 180 Å². The van der Waals surface area contributed by atoms with Crippen LogP contribution >= 0.6 is 0 Å². The molecule has 1 N–H and O–H groups in total. The molecule has 0 spiro atoms. The van der Waals surface area contributed by atoms with Crippen molar-refractivity contribution < 1.29 is 19.4 Å². The van der Waals surface area contributed by atoms with Gasteiger partial charge in [-0.15, -0.1) is 11.8 Å². The maximum atomic E-state index is 12.3. The summed E-state index contributed by atoms with van der Waals surface area (Å²) in [5.41, 5.74) is 1.60. The summed E-state index contributed by atoms with van der Waals surface area (Å²) in [6.07, 6.45) is 6.70. The molecule has 5 nitrogen and oxygen atoms in total. The molecule has 1 fully saturated rings. The first-order chi connectivity index (χ1) is 14.5. The van der Waals surface area contributed by atoms with Crippen molar-refractivity contribution in [3.05, 3.63) is 47.5 Å². The number of rotatable bonds is 9. The lowest BCUT2D eigenvalue weighted by molar-refractivity contribution is -0.128. The second kappa shape index (κ2) is 12.2. The minimum atomic E-state index is -0.566. The van der Waals surface area contributed by atoms with Gasteiger partial charge in [-0.05, 0) is 43.4 Å². The summed E-state index contributed by atoms with van der Waals surface area (Å²) in [5.74, 6) is 5.99. The zero-order valence-corrected chi connectivity index (χ0v) is 18.3. The number of carbonyl (C=O) groups excluding carboxylic acids is 2. The van der Waals surface area contributed by atoms with Crippen molar-refractivity contribution in [2.45, 2.75) is 65.0 Å². The van der Waals surface area contributed by atoms with Crippen LogP contribution < -0.4 is 0 Å². The molecule has 0 aliphatic carbocycles. The van der Waals surface area contributed by atoms with Gasteiger partial charge in [-0.3, -0.25) is 4.79 Å². The maximum Gasteiger partial charge on any atom is 0.338 e. The number of hydrogen-bond donors (Lipinski definition) is 1. The zero-order valence-electron chi connectivity index (χ0n) is 18.3. The van der Waals surface area contributed by atoms with E-state index in [1.54, 1.807) is 19.1 Å². The number of nitrogens with zero attached hydrogens (tertiary/aromatic N) is 1. The molecule has 1 aromatic rings. The van der Waals surface area contributed by atoms with Crippen LogP contribution in [-0.2, 0) is 16.0 Å². The van der Waals surface area contributed by atoms with Crippen LogP contribution in [0.4, 0.5) is 0 Å². The molecule has 30 heavy (non-hydrogen) atoms. The summed E-state index contributed by atoms with van der Waals surface area (Å²) >= 11 is 0. The summed E-state index contributed by atoms with van der Waals surface area (Å²) < 4.78 is 5.00. The normalized spacial score (nSPS) is 18.2. The van der Waals surface area contributed by atoms with Crippen molar-refractivity contribution >= 4 is 11.9 Å². The van der Waals surface area contributed by atoms with Crippen LogP contribution in [0.25, 0.3) is 0 Å². The van der Waals surface area contributed by atoms with Gasteiger partial charge >= 0.3 is 5.97 Å². The van der Waals surface area contributed by atoms with Crippen molar-refractivity contribution in [1.82, 2.24) is 4.90 Å². The van der Waals surface area contributed by atoms with E-state index in [2.05, 4.69) is 11.8 Å². The number of hydrogen-bond acceptors (Lipinski definition) is 4. The average Bonchev–Trinajstić information content (AvgIpc) is 3.10. The third-order valence-corrected chi connectivity index (χ3v) is 5.32. The van der Waals surface area contributed by atoms with Crippen LogP contribution in [0, 0.1) is 17.8 Å². The first kappa shape index (κ1) is 23.7. The summed E-state index contributed by atoms with van der Waals surface area (Å²) in [5, 5.41) is 10.4. The second-order valence-corrected chi connectivity index (χ2v) is 7.62. The highest BCUT2D eigenvalue weighted by Crippen LogP contribution is 2.21. The van der Waals surface area contributed by atoms with Crippen LogP contribution in [0.15, 0.2) is 36.4 Å². The molecule has 1 saturated heterocycles. The Kier molecular flexibility index (Phi) is 9.63. The van der Waals surface area contributed by atoms with Gasteiger partial charge in [0.05, 0.1) is 24.3 Å². The van der Waals surface area contributed by atoms with Crippen LogP contribution in [-0.4, -0.2) is 47.2 Å². The van der Waals surface area contributed by atoms with Gasteiger partial charge in [-0.1, -0.05) is 38.1 Å². The predicted molar refractivity (Wildman–Crippen MR) is 118 cm³/mol. The van der Waals surface area contributed by atoms with E-state index in [0.717, 1.165) is 18.4 Å². The highest BCUT2D eigenvalue weighted by Gasteiger charge is 2.28. The van der Waals surface area contributed by atoms with E-state index in [9.17, 15) is 14.7 Å². The van der Waals surface area contributed by atoms with E-state index in [-0.39, 0.29) is 23.8 Å². The fourth-order valence-electron chi connectivity index (χ4n) is 3.43. The second-order valence-electron chi connectivity index (χ2n) is 7.62. The van der Waals surface area contributed by atoms with E-state index >= 15 is 0 Å². The number of ether oxygens (including phenoxy) is 1. The maximum absolute atomic E-state index is 12.3. The molecule has 1 heterocycles. The van der Waals surface area contributed by atoms with E-state index in [0.29, 0.717) is 38.0 Å². The summed E-state index contributed by atoms with van der Waals surface area (Å²) in [6, 6.07) is 7.34. The lowest BCUT2D eigenvalue weighted by Gasteiger charge is -2.23. The van der Waals surface area contributed by atoms with Gasteiger partial charge in [-0.25, -0.2) is 4.79 Å². The Bertz CT molecular complexity index is 788. The monoisotopic (exact) mass is 411 g/mol. The van der Waals surface area contributed by atoms with Crippen LogP contribution in [0.2, 0.25) is 0 Å². The Balaban J connectivity index is 1.91. The molecular weight excluding hydrogens is 378 g/mol. The van der Waals surface area contributed by atoms with Gasteiger partial charge in [0, 0.05) is 25.8 Å². The topological polar surface area (TPSA) is 66.8 Å². The molecule has 0 bridgehead atoms. The van der Waals surface area contributed by atoms with Crippen LogP contribution in [0.1, 0.15) is 62.4 Å². The first-order valence-electron chi connectivity index (χ1n) is 10.8. The van der Waals surface area contributed by atoms with E-state index < -0.39 is 6.10 Å². The molecule has 3 atom stereocenters. The number of likely N-dealkylation sites (tertiary alicyclic amines) is 1. The molecule has 0 aromatic heterocycles. The third-order valence-electron chi connectivity index (χ3n) is 5.32. The minimum absolute atomic E-state index is 0.0138. The number of aliphatic hydroxyl groups excluding tert-OH is 1. The number of amides is 1.